The van der Waals surface area contributed by atoms with Crippen molar-refractivity contribution in [1.29, 1.82) is 0 Å². The summed E-state index contributed by atoms with van der Waals surface area (Å²) in [5.41, 5.74) is 11.1. The zero-order chi connectivity index (χ0) is 15.6. The van der Waals surface area contributed by atoms with Crippen LogP contribution in [0.3, 0.4) is 0 Å². The topological polar surface area (TPSA) is 67.2 Å². The van der Waals surface area contributed by atoms with E-state index in [1.54, 1.807) is 6.20 Å². The Bertz CT molecular complexity index is 804. The van der Waals surface area contributed by atoms with E-state index in [4.69, 9.17) is 10.5 Å². The Morgan fingerprint density at radius 1 is 1.13 bits per heavy atom. The Hall–Kier alpha value is -2.37. The summed E-state index contributed by atoms with van der Waals surface area (Å²) >= 11 is 0. The van der Waals surface area contributed by atoms with Crippen LogP contribution in [0.15, 0.2) is 42.7 Å². The minimum absolute atomic E-state index is 0.735. The highest BCUT2D eigenvalue weighted by Crippen LogP contribution is 2.26. The molecular weight excluding hydrogens is 288 g/mol. The average Bonchev–Trinajstić information content (AvgIpc) is 2.97. The van der Waals surface area contributed by atoms with Crippen molar-refractivity contribution < 1.29 is 4.74 Å². The maximum Gasteiger partial charge on any atom is 0.139 e. The number of ether oxygens (including phenoxy) is 1. The maximum atomic E-state index is 5.96. The molecule has 1 fully saturated rings. The second-order valence-electron chi connectivity index (χ2n) is 5.95. The van der Waals surface area contributed by atoms with Gasteiger partial charge in [-0.3, -0.25) is 4.90 Å². The first-order valence-corrected chi connectivity index (χ1v) is 7.91. The molecule has 3 aromatic rings. The van der Waals surface area contributed by atoms with Crippen LogP contribution in [-0.2, 0) is 11.3 Å². The highest BCUT2D eigenvalue weighted by Gasteiger charge is 2.11. The first-order chi connectivity index (χ1) is 11.3. The number of aromatic amines is 1. The number of nitrogens with zero attached hydrogens (tertiary/aromatic N) is 2. The van der Waals surface area contributed by atoms with Gasteiger partial charge >= 0.3 is 0 Å². The summed E-state index contributed by atoms with van der Waals surface area (Å²) in [5.74, 6) is 0. The van der Waals surface area contributed by atoms with Gasteiger partial charge in [0.05, 0.1) is 18.9 Å². The van der Waals surface area contributed by atoms with Crippen molar-refractivity contribution in [1.82, 2.24) is 14.9 Å². The van der Waals surface area contributed by atoms with Gasteiger partial charge in [0.25, 0.3) is 0 Å². The van der Waals surface area contributed by atoms with Crippen molar-refractivity contribution >= 4 is 16.7 Å². The molecule has 1 aromatic carbocycles. The first-order valence-electron chi connectivity index (χ1n) is 7.91. The van der Waals surface area contributed by atoms with E-state index in [-0.39, 0.29) is 0 Å². The summed E-state index contributed by atoms with van der Waals surface area (Å²) < 4.78 is 5.39. The first kappa shape index (κ1) is 14.2. The number of benzene rings is 1. The number of nitrogen functional groups attached to an aromatic ring is 1. The van der Waals surface area contributed by atoms with Crippen LogP contribution in [0.25, 0.3) is 22.2 Å². The summed E-state index contributed by atoms with van der Waals surface area (Å²) in [6, 6.07) is 10.8. The third kappa shape index (κ3) is 2.93. The van der Waals surface area contributed by atoms with E-state index < -0.39 is 0 Å². The molecule has 0 unspecified atom stereocenters. The van der Waals surface area contributed by atoms with Crippen LogP contribution < -0.4 is 5.73 Å². The van der Waals surface area contributed by atoms with Gasteiger partial charge in [-0.25, -0.2) is 4.98 Å². The fourth-order valence-electron chi connectivity index (χ4n) is 3.00. The van der Waals surface area contributed by atoms with Crippen molar-refractivity contribution in [2.24, 2.45) is 0 Å². The number of fused-ring (bicyclic) bond motifs is 1. The maximum absolute atomic E-state index is 5.96. The minimum Gasteiger partial charge on any atom is -0.397 e. The van der Waals surface area contributed by atoms with Crippen LogP contribution in [0.2, 0.25) is 0 Å². The van der Waals surface area contributed by atoms with Crippen molar-refractivity contribution in [3.05, 3.63) is 48.3 Å². The van der Waals surface area contributed by atoms with Gasteiger partial charge in [-0.2, -0.15) is 0 Å². The van der Waals surface area contributed by atoms with Crippen LogP contribution in [0.1, 0.15) is 5.56 Å². The zero-order valence-electron chi connectivity index (χ0n) is 13.0. The SMILES string of the molecule is Nc1c[nH]c2ncc(-c3ccc(CN4CCOCC4)cc3)cc12. The molecule has 4 rings (SSSR count). The number of nitrogens with two attached hydrogens (primary N) is 1. The summed E-state index contributed by atoms with van der Waals surface area (Å²) in [5, 5.41) is 0.972. The molecule has 0 saturated carbocycles. The highest BCUT2D eigenvalue weighted by molar-refractivity contribution is 5.91. The van der Waals surface area contributed by atoms with Gasteiger partial charge in [0.15, 0.2) is 0 Å². The second-order valence-corrected chi connectivity index (χ2v) is 5.95. The number of H-pyrrole nitrogens is 1. The van der Waals surface area contributed by atoms with E-state index in [2.05, 4.69) is 45.2 Å². The van der Waals surface area contributed by atoms with Gasteiger partial charge in [-0.1, -0.05) is 24.3 Å². The van der Waals surface area contributed by atoms with Gasteiger partial charge in [-0.05, 0) is 17.2 Å². The van der Waals surface area contributed by atoms with Gasteiger partial charge in [0.2, 0.25) is 0 Å². The number of hydrogen-bond donors (Lipinski definition) is 2. The monoisotopic (exact) mass is 308 g/mol. The lowest BCUT2D eigenvalue weighted by Gasteiger charge is -2.26. The highest BCUT2D eigenvalue weighted by atomic mass is 16.5. The Morgan fingerprint density at radius 2 is 1.91 bits per heavy atom. The van der Waals surface area contributed by atoms with Crippen molar-refractivity contribution in [3.8, 4) is 11.1 Å². The van der Waals surface area contributed by atoms with Crippen LogP contribution in [0.4, 0.5) is 5.69 Å². The molecule has 1 saturated heterocycles. The molecule has 0 radical (unpaired) electrons. The van der Waals surface area contributed by atoms with Crippen LogP contribution in [0, 0.1) is 0 Å². The lowest BCUT2D eigenvalue weighted by molar-refractivity contribution is 0.0342. The third-order valence-corrected chi connectivity index (χ3v) is 4.36. The van der Waals surface area contributed by atoms with Gasteiger partial charge in [0.1, 0.15) is 5.65 Å². The summed E-state index contributed by atoms with van der Waals surface area (Å²) in [7, 11) is 0. The van der Waals surface area contributed by atoms with Gasteiger partial charge in [-0.15, -0.1) is 0 Å². The minimum atomic E-state index is 0.735. The quantitative estimate of drug-likeness (QED) is 0.780. The Balaban J connectivity index is 1.55. The molecular formula is C18H20N4O. The number of nitrogens with one attached hydrogen (secondary N) is 1. The van der Waals surface area contributed by atoms with Crippen molar-refractivity contribution in [3.63, 3.8) is 0 Å². The molecule has 1 aliphatic heterocycles. The molecule has 0 bridgehead atoms. The molecule has 0 spiro atoms. The number of morpholine rings is 1. The number of rotatable bonds is 3. The summed E-state index contributed by atoms with van der Waals surface area (Å²) in [4.78, 5) is 9.93. The van der Waals surface area contributed by atoms with E-state index in [0.717, 1.165) is 60.7 Å². The largest absolute Gasteiger partial charge is 0.397 e. The fraction of sp³-hybridized carbons (Fsp3) is 0.278. The lowest BCUT2D eigenvalue weighted by atomic mass is 10.0. The molecule has 5 nitrogen and oxygen atoms in total. The van der Waals surface area contributed by atoms with Crippen molar-refractivity contribution in [2.45, 2.75) is 6.54 Å². The molecule has 3 N–H and O–H groups in total. The Morgan fingerprint density at radius 3 is 2.70 bits per heavy atom. The molecule has 0 atom stereocenters. The van der Waals surface area contributed by atoms with Gasteiger partial charge < -0.3 is 15.5 Å². The molecule has 3 heterocycles. The normalized spacial score (nSPS) is 16.0. The predicted octanol–water partition coefficient (Wildman–Crippen LogP) is 2.64. The number of pyridine rings is 1. The van der Waals surface area contributed by atoms with Gasteiger partial charge in [0, 0.05) is 43.0 Å². The molecule has 0 aliphatic carbocycles. The van der Waals surface area contributed by atoms with E-state index in [0.29, 0.717) is 0 Å². The molecule has 118 valence electrons. The third-order valence-electron chi connectivity index (χ3n) is 4.36. The van der Waals surface area contributed by atoms with E-state index in [9.17, 15) is 0 Å². The lowest BCUT2D eigenvalue weighted by Crippen LogP contribution is -2.35. The molecule has 5 heteroatoms. The zero-order valence-corrected chi connectivity index (χ0v) is 13.0. The molecule has 23 heavy (non-hydrogen) atoms. The summed E-state index contributed by atoms with van der Waals surface area (Å²) in [6.45, 7) is 4.67. The molecule has 1 aliphatic rings. The fourth-order valence-corrected chi connectivity index (χ4v) is 3.00. The predicted molar refractivity (Wildman–Crippen MR) is 92.0 cm³/mol. The van der Waals surface area contributed by atoms with E-state index >= 15 is 0 Å². The second kappa shape index (κ2) is 6.02. The van der Waals surface area contributed by atoms with E-state index in [1.807, 2.05) is 6.20 Å². The van der Waals surface area contributed by atoms with Crippen LogP contribution >= 0.6 is 0 Å². The van der Waals surface area contributed by atoms with Crippen LogP contribution in [-0.4, -0.2) is 41.2 Å². The van der Waals surface area contributed by atoms with E-state index in [1.165, 1.54) is 5.56 Å². The number of hydrogen-bond acceptors (Lipinski definition) is 4. The van der Waals surface area contributed by atoms with Crippen molar-refractivity contribution in [2.75, 3.05) is 32.0 Å². The summed E-state index contributed by atoms with van der Waals surface area (Å²) in [6.07, 6.45) is 3.67. The Labute approximate surface area is 135 Å². The number of anilines is 1. The molecule has 2 aromatic heterocycles. The Kier molecular flexibility index (Phi) is 3.73. The molecule has 0 amide bonds. The average molecular weight is 308 g/mol. The number of aromatic nitrogens is 2. The smallest absolute Gasteiger partial charge is 0.139 e. The standard InChI is InChI=1S/C18H20N4O/c19-17-11-21-18-16(17)9-15(10-20-18)14-3-1-13(2-4-14)12-22-5-7-23-8-6-22/h1-4,9-11H,5-8,12,19H2,(H,20,21). The van der Waals surface area contributed by atoms with Crippen LogP contribution in [0.5, 0.6) is 0 Å².